The van der Waals surface area contributed by atoms with E-state index in [2.05, 4.69) is 6.58 Å². The highest BCUT2D eigenvalue weighted by atomic mass is 16.4. The molecule has 3 nitrogen and oxygen atoms in total. The second-order valence-electron chi connectivity index (χ2n) is 2.43. The van der Waals surface area contributed by atoms with Crippen LogP contribution in [0, 0.1) is 0 Å². The quantitative estimate of drug-likeness (QED) is 0.430. The predicted molar refractivity (Wildman–Crippen MR) is 39.7 cm³/mol. The molecule has 0 aromatic rings. The lowest BCUT2D eigenvalue weighted by molar-refractivity contribution is -0.299. The third-order valence-corrected chi connectivity index (χ3v) is 1.43. The van der Waals surface area contributed by atoms with E-state index in [-0.39, 0.29) is 12.2 Å². The number of unbranched alkanes of at least 4 members (excludes halogenated alkanes) is 2. The normalized spacial score (nSPS) is 9.55. The summed E-state index contributed by atoms with van der Waals surface area (Å²) >= 11 is 0. The highest BCUT2D eigenvalue weighted by Crippen LogP contribution is 2.05. The van der Waals surface area contributed by atoms with Crippen LogP contribution in [0.5, 0.6) is 0 Å². The molecule has 0 bridgehead atoms. The van der Waals surface area contributed by atoms with E-state index in [1.165, 1.54) is 0 Å². The fourth-order valence-corrected chi connectivity index (χ4v) is 0.729. The predicted octanol–water partition coefficient (Wildman–Crippen LogP) is -0.155. The van der Waals surface area contributed by atoms with Crippen LogP contribution in [-0.4, -0.2) is 17.7 Å². The fourth-order valence-electron chi connectivity index (χ4n) is 0.729. The lowest BCUT2D eigenvalue weighted by Crippen LogP contribution is -2.23. The Bertz CT molecular complexity index is 140. The second-order valence-corrected chi connectivity index (χ2v) is 2.43. The van der Waals surface area contributed by atoms with Gasteiger partial charge in [0.25, 0.3) is 0 Å². The summed E-state index contributed by atoms with van der Waals surface area (Å²) in [5.41, 5.74) is 0.142. The first-order valence-corrected chi connectivity index (χ1v) is 3.68. The average Bonchev–Trinajstić information content (AvgIpc) is 1.97. The number of aliphatic carboxylic acids is 1. The zero-order valence-electron chi connectivity index (χ0n) is 6.51. The number of hydrogen-bond acceptors (Lipinski definition) is 3. The van der Waals surface area contributed by atoms with Gasteiger partial charge in [0.1, 0.15) is 0 Å². The van der Waals surface area contributed by atoms with E-state index in [1.807, 2.05) is 0 Å². The molecular weight excluding hydrogens is 144 g/mol. The molecule has 0 aromatic carbocycles. The number of aliphatic hydroxyl groups is 1. The molecule has 0 amide bonds. The van der Waals surface area contributed by atoms with E-state index < -0.39 is 5.97 Å². The summed E-state index contributed by atoms with van der Waals surface area (Å²) in [5.74, 6) is -1.17. The van der Waals surface area contributed by atoms with Crippen LogP contribution >= 0.6 is 0 Å². The highest BCUT2D eigenvalue weighted by Gasteiger charge is 1.94. The van der Waals surface area contributed by atoms with Gasteiger partial charge in [-0.05, 0) is 24.8 Å². The van der Waals surface area contributed by atoms with Crippen LogP contribution in [0.2, 0.25) is 0 Å². The molecule has 1 N–H and O–H groups in total. The second kappa shape index (κ2) is 5.92. The van der Waals surface area contributed by atoms with Gasteiger partial charge in [0.2, 0.25) is 0 Å². The molecule has 0 aliphatic rings. The van der Waals surface area contributed by atoms with E-state index in [1.54, 1.807) is 0 Å². The number of rotatable bonds is 6. The van der Waals surface area contributed by atoms with Gasteiger partial charge < -0.3 is 15.0 Å². The maximum Gasteiger partial charge on any atom is 0.0668 e. The van der Waals surface area contributed by atoms with Crippen LogP contribution in [0.25, 0.3) is 0 Å². The SMILES string of the molecule is C=C(CCCCCO)C(=O)[O-]. The van der Waals surface area contributed by atoms with Crippen molar-refractivity contribution in [3.8, 4) is 0 Å². The Morgan fingerprint density at radius 3 is 2.45 bits per heavy atom. The van der Waals surface area contributed by atoms with Crippen molar-refractivity contribution in [3.05, 3.63) is 12.2 Å². The maximum absolute atomic E-state index is 10.1. The van der Waals surface area contributed by atoms with Gasteiger partial charge in [0.05, 0.1) is 5.97 Å². The number of carbonyl (C=O) groups excluding carboxylic acids is 1. The van der Waals surface area contributed by atoms with E-state index >= 15 is 0 Å². The minimum atomic E-state index is -1.17. The van der Waals surface area contributed by atoms with Crippen LogP contribution in [-0.2, 0) is 4.79 Å². The van der Waals surface area contributed by atoms with E-state index in [0.717, 1.165) is 19.3 Å². The van der Waals surface area contributed by atoms with Crippen LogP contribution in [0.4, 0.5) is 0 Å². The Balaban J connectivity index is 3.25. The number of carbonyl (C=O) groups is 1. The van der Waals surface area contributed by atoms with Crippen LogP contribution in [0.3, 0.4) is 0 Å². The largest absolute Gasteiger partial charge is 0.545 e. The van der Waals surface area contributed by atoms with E-state index in [9.17, 15) is 9.90 Å². The van der Waals surface area contributed by atoms with Crippen LogP contribution < -0.4 is 5.11 Å². The summed E-state index contributed by atoms with van der Waals surface area (Å²) < 4.78 is 0. The minimum absolute atomic E-state index is 0.142. The summed E-state index contributed by atoms with van der Waals surface area (Å²) in [7, 11) is 0. The Morgan fingerprint density at radius 1 is 1.36 bits per heavy atom. The minimum Gasteiger partial charge on any atom is -0.545 e. The Hall–Kier alpha value is -0.830. The summed E-state index contributed by atoms with van der Waals surface area (Å²) in [4.78, 5) is 10.1. The number of hydrogen-bond donors (Lipinski definition) is 1. The number of carboxylic acid groups (broad SMARTS) is 1. The lowest BCUT2D eigenvalue weighted by atomic mass is 10.1. The van der Waals surface area contributed by atoms with Crippen molar-refractivity contribution in [2.75, 3.05) is 6.61 Å². The molecule has 0 heterocycles. The van der Waals surface area contributed by atoms with Gasteiger partial charge in [-0.15, -0.1) is 0 Å². The molecule has 0 aliphatic carbocycles. The average molecular weight is 157 g/mol. The highest BCUT2D eigenvalue weighted by molar-refractivity contribution is 5.83. The first-order chi connectivity index (χ1) is 5.18. The van der Waals surface area contributed by atoms with Gasteiger partial charge in [0.15, 0.2) is 0 Å². The van der Waals surface area contributed by atoms with Crippen molar-refractivity contribution in [1.82, 2.24) is 0 Å². The molecule has 0 spiro atoms. The van der Waals surface area contributed by atoms with E-state index in [0.29, 0.717) is 6.42 Å². The number of aliphatic hydroxyl groups excluding tert-OH is 1. The monoisotopic (exact) mass is 157 g/mol. The van der Waals surface area contributed by atoms with Crippen LogP contribution in [0.1, 0.15) is 25.7 Å². The Labute approximate surface area is 66.4 Å². The van der Waals surface area contributed by atoms with Gasteiger partial charge in [0, 0.05) is 6.61 Å². The van der Waals surface area contributed by atoms with Crippen molar-refractivity contribution in [2.24, 2.45) is 0 Å². The molecule has 0 rings (SSSR count). The molecule has 0 aliphatic heterocycles. The van der Waals surface area contributed by atoms with Gasteiger partial charge in [-0.1, -0.05) is 13.0 Å². The molecule has 0 radical (unpaired) electrons. The van der Waals surface area contributed by atoms with Crippen molar-refractivity contribution in [3.63, 3.8) is 0 Å². The topological polar surface area (TPSA) is 60.4 Å². The molecule has 3 heteroatoms. The van der Waals surface area contributed by atoms with Crippen molar-refractivity contribution in [2.45, 2.75) is 25.7 Å². The Kier molecular flexibility index (Phi) is 5.47. The first-order valence-electron chi connectivity index (χ1n) is 3.68. The fraction of sp³-hybridized carbons (Fsp3) is 0.625. The zero-order valence-corrected chi connectivity index (χ0v) is 6.51. The standard InChI is InChI=1S/C8H14O3/c1-7(8(10)11)5-3-2-4-6-9/h9H,1-6H2,(H,10,11)/p-1. The van der Waals surface area contributed by atoms with Crippen molar-refractivity contribution >= 4 is 5.97 Å². The summed E-state index contributed by atoms with van der Waals surface area (Å²) in [5, 5.41) is 18.5. The molecule has 0 aromatic heterocycles. The Morgan fingerprint density at radius 2 is 2.00 bits per heavy atom. The molecule has 0 atom stereocenters. The van der Waals surface area contributed by atoms with Gasteiger partial charge in [-0.25, -0.2) is 0 Å². The van der Waals surface area contributed by atoms with Crippen LogP contribution in [0.15, 0.2) is 12.2 Å². The smallest absolute Gasteiger partial charge is 0.0668 e. The summed E-state index contributed by atoms with van der Waals surface area (Å²) in [6.07, 6.45) is 2.78. The maximum atomic E-state index is 10.1. The molecule has 0 saturated carbocycles. The van der Waals surface area contributed by atoms with E-state index in [4.69, 9.17) is 5.11 Å². The van der Waals surface area contributed by atoms with Crippen molar-refractivity contribution < 1.29 is 15.0 Å². The van der Waals surface area contributed by atoms with Gasteiger partial charge >= 0.3 is 0 Å². The molecule has 0 fully saturated rings. The number of carboxylic acids is 1. The van der Waals surface area contributed by atoms with Crippen molar-refractivity contribution in [1.29, 1.82) is 0 Å². The molecule has 11 heavy (non-hydrogen) atoms. The van der Waals surface area contributed by atoms with Gasteiger partial charge in [-0.2, -0.15) is 0 Å². The molecule has 0 saturated heterocycles. The third-order valence-electron chi connectivity index (χ3n) is 1.43. The first kappa shape index (κ1) is 10.2. The molecule has 0 unspecified atom stereocenters. The van der Waals surface area contributed by atoms with Gasteiger partial charge in [-0.3, -0.25) is 0 Å². The summed E-state index contributed by atoms with van der Waals surface area (Å²) in [6.45, 7) is 3.49. The molecular formula is C8H13O3-. The lowest BCUT2D eigenvalue weighted by Gasteiger charge is -2.04. The zero-order chi connectivity index (χ0) is 8.69. The molecule has 64 valence electrons. The summed E-state index contributed by atoms with van der Waals surface area (Å²) in [6, 6.07) is 0. The third kappa shape index (κ3) is 5.61.